The highest BCUT2D eigenvalue weighted by Gasteiger charge is 2.30. The third-order valence-electron chi connectivity index (χ3n) is 5.48. The molecule has 0 saturated heterocycles. The van der Waals surface area contributed by atoms with Crippen molar-refractivity contribution in [3.05, 3.63) is 59.5 Å². The van der Waals surface area contributed by atoms with Gasteiger partial charge in [0, 0.05) is 18.2 Å². The van der Waals surface area contributed by atoms with Gasteiger partial charge in [-0.25, -0.2) is 0 Å². The lowest BCUT2D eigenvalue weighted by molar-refractivity contribution is -0.137. The van der Waals surface area contributed by atoms with Crippen molar-refractivity contribution in [1.29, 1.82) is 0 Å². The molecule has 0 spiro atoms. The van der Waals surface area contributed by atoms with E-state index in [1.165, 1.54) is 23.9 Å². The second-order valence-electron chi connectivity index (χ2n) is 9.02. The number of thioether (sulfide) groups is 1. The quantitative estimate of drug-likeness (QED) is 0.302. The molecule has 0 aliphatic heterocycles. The molecule has 0 aliphatic carbocycles. The van der Waals surface area contributed by atoms with Crippen LogP contribution in [0.4, 0.5) is 13.2 Å². The molecule has 1 aromatic carbocycles. The maximum atomic E-state index is 12.9. The second kappa shape index (κ2) is 14.3. The molecule has 1 aromatic heterocycles. The maximum Gasteiger partial charge on any atom is 0.416 e. The van der Waals surface area contributed by atoms with Crippen LogP contribution in [0.3, 0.4) is 0 Å². The highest BCUT2D eigenvalue weighted by molar-refractivity contribution is 7.99. The molecular formula is C26H35F3N2O3S. The van der Waals surface area contributed by atoms with Crippen LogP contribution in [0.2, 0.25) is 0 Å². The minimum Gasteiger partial charge on any atom is -0.468 e. The number of hydrogen-bond donors (Lipinski definition) is 2. The summed E-state index contributed by atoms with van der Waals surface area (Å²) in [6.45, 7) is 6.52. The molecule has 5 nitrogen and oxygen atoms in total. The Morgan fingerprint density at radius 2 is 1.83 bits per heavy atom. The van der Waals surface area contributed by atoms with Gasteiger partial charge in [0.1, 0.15) is 5.76 Å². The van der Waals surface area contributed by atoms with Crippen molar-refractivity contribution in [2.24, 2.45) is 5.92 Å². The van der Waals surface area contributed by atoms with Gasteiger partial charge in [-0.15, -0.1) is 11.8 Å². The number of carbonyl (C=O) groups excluding carboxylic acids is 2. The second-order valence-corrected chi connectivity index (χ2v) is 10.0. The first-order valence-electron chi connectivity index (χ1n) is 11.9. The zero-order valence-corrected chi connectivity index (χ0v) is 21.3. The number of rotatable bonds is 15. The Bertz CT molecular complexity index is 900. The van der Waals surface area contributed by atoms with E-state index < -0.39 is 17.6 Å². The Labute approximate surface area is 209 Å². The van der Waals surface area contributed by atoms with Crippen molar-refractivity contribution in [2.75, 3.05) is 12.3 Å². The van der Waals surface area contributed by atoms with E-state index >= 15 is 0 Å². The van der Waals surface area contributed by atoms with E-state index in [2.05, 4.69) is 17.6 Å². The summed E-state index contributed by atoms with van der Waals surface area (Å²) in [6, 6.07) is 7.28. The van der Waals surface area contributed by atoms with Crippen molar-refractivity contribution in [1.82, 2.24) is 10.6 Å². The molecule has 194 valence electrons. The summed E-state index contributed by atoms with van der Waals surface area (Å²) < 4.78 is 43.7. The molecule has 0 saturated carbocycles. The van der Waals surface area contributed by atoms with Crippen molar-refractivity contribution < 1.29 is 27.2 Å². The first-order valence-corrected chi connectivity index (χ1v) is 13.1. The molecule has 2 unspecified atom stereocenters. The largest absolute Gasteiger partial charge is 0.468 e. The minimum absolute atomic E-state index is 0.104. The maximum absolute atomic E-state index is 12.9. The number of halogens is 3. The van der Waals surface area contributed by atoms with Crippen LogP contribution in [-0.2, 0) is 16.7 Å². The molecule has 1 amide bonds. The fourth-order valence-electron chi connectivity index (χ4n) is 3.66. The van der Waals surface area contributed by atoms with Crippen LogP contribution in [-0.4, -0.2) is 36.1 Å². The zero-order valence-electron chi connectivity index (χ0n) is 20.5. The number of ketones is 1. The van der Waals surface area contributed by atoms with E-state index in [4.69, 9.17) is 4.42 Å². The van der Waals surface area contributed by atoms with E-state index in [1.807, 2.05) is 26.0 Å². The summed E-state index contributed by atoms with van der Waals surface area (Å²) in [6.07, 6.45) is 0.399. The van der Waals surface area contributed by atoms with Gasteiger partial charge >= 0.3 is 6.18 Å². The van der Waals surface area contributed by atoms with Gasteiger partial charge in [-0.3, -0.25) is 9.59 Å². The molecule has 35 heavy (non-hydrogen) atoms. The topological polar surface area (TPSA) is 71.3 Å². The van der Waals surface area contributed by atoms with Gasteiger partial charge in [0.2, 0.25) is 0 Å². The molecule has 1 heterocycles. The summed E-state index contributed by atoms with van der Waals surface area (Å²) >= 11 is 1.50. The summed E-state index contributed by atoms with van der Waals surface area (Å²) in [4.78, 5) is 25.6. The molecule has 9 heteroatoms. The fraction of sp³-hybridized carbons (Fsp3) is 0.538. The average Bonchev–Trinajstić information content (AvgIpc) is 3.31. The lowest BCUT2D eigenvalue weighted by Crippen LogP contribution is -2.48. The molecule has 2 aromatic rings. The number of carbonyl (C=O) groups is 2. The normalized spacial score (nSPS) is 13.6. The van der Waals surface area contributed by atoms with Gasteiger partial charge < -0.3 is 15.1 Å². The lowest BCUT2D eigenvalue weighted by atomic mass is 10.0. The van der Waals surface area contributed by atoms with Crippen LogP contribution >= 0.6 is 11.8 Å². The van der Waals surface area contributed by atoms with Crippen molar-refractivity contribution in [3.8, 4) is 0 Å². The lowest BCUT2D eigenvalue weighted by Gasteiger charge is -2.25. The Balaban J connectivity index is 1.96. The molecule has 0 radical (unpaired) electrons. The Morgan fingerprint density at radius 3 is 2.40 bits per heavy atom. The third-order valence-corrected chi connectivity index (χ3v) is 6.46. The van der Waals surface area contributed by atoms with E-state index in [-0.39, 0.29) is 29.3 Å². The number of unbranched alkanes of at least 4 members (excludes halogenated alkanes) is 1. The first-order chi connectivity index (χ1) is 16.6. The molecule has 2 rings (SSSR count). The Hall–Kier alpha value is -2.26. The minimum atomic E-state index is -4.45. The van der Waals surface area contributed by atoms with Gasteiger partial charge in [0.15, 0.2) is 5.78 Å². The molecule has 0 fully saturated rings. The van der Waals surface area contributed by atoms with Crippen LogP contribution in [0, 0.1) is 5.92 Å². The van der Waals surface area contributed by atoms with Gasteiger partial charge in [-0.1, -0.05) is 33.6 Å². The fourth-order valence-corrected chi connectivity index (χ4v) is 4.53. The van der Waals surface area contributed by atoms with Crippen LogP contribution in [0.1, 0.15) is 68.1 Å². The summed E-state index contributed by atoms with van der Waals surface area (Å²) in [5, 5.41) is 6.26. The van der Waals surface area contributed by atoms with Gasteiger partial charge in [-0.05, 0) is 55.2 Å². The number of benzene rings is 1. The monoisotopic (exact) mass is 512 g/mol. The Kier molecular flexibility index (Phi) is 11.9. The highest BCUT2D eigenvalue weighted by atomic mass is 32.2. The van der Waals surface area contributed by atoms with E-state index in [0.717, 1.165) is 30.7 Å². The summed E-state index contributed by atoms with van der Waals surface area (Å²) in [5.74, 6) is 1.75. The number of hydrogen-bond acceptors (Lipinski definition) is 5. The SMILES string of the molecule is CCCCC(NCC(CC(C)C)NC(=O)c1ccc(C(F)(F)F)cc1)C(=O)CSCc1ccco1. The summed E-state index contributed by atoms with van der Waals surface area (Å²) in [5.41, 5.74) is -0.628. The predicted octanol–water partition coefficient (Wildman–Crippen LogP) is 6.09. The third kappa shape index (κ3) is 10.5. The average molecular weight is 513 g/mol. The van der Waals surface area contributed by atoms with Gasteiger partial charge in [0.25, 0.3) is 5.91 Å². The zero-order chi connectivity index (χ0) is 25.8. The van der Waals surface area contributed by atoms with Gasteiger partial charge in [0.05, 0.1) is 29.4 Å². The molecule has 2 N–H and O–H groups in total. The first kappa shape index (κ1) is 29.0. The smallest absolute Gasteiger partial charge is 0.416 e. The number of amides is 1. The van der Waals surface area contributed by atoms with Crippen LogP contribution in [0.15, 0.2) is 47.1 Å². The molecule has 0 aliphatic rings. The van der Waals surface area contributed by atoms with Crippen molar-refractivity contribution in [3.63, 3.8) is 0 Å². The van der Waals surface area contributed by atoms with Crippen LogP contribution < -0.4 is 10.6 Å². The number of Topliss-reactive ketones (excluding diaryl/α,β-unsaturated/α-hetero) is 1. The standard InChI is InChI=1S/C26H35F3N2O3S/c1-4-5-8-23(24(32)17-35-16-22-7-6-13-34-22)30-15-21(14-18(2)3)31-25(33)19-9-11-20(12-10-19)26(27,28)29/h6-7,9-13,18,21,23,30H,4-5,8,14-17H2,1-3H3,(H,31,33). The molecular weight excluding hydrogens is 477 g/mol. The van der Waals surface area contributed by atoms with Crippen molar-refractivity contribution >= 4 is 23.5 Å². The molecule has 0 bridgehead atoms. The van der Waals surface area contributed by atoms with Crippen molar-refractivity contribution in [2.45, 2.75) is 70.5 Å². The molecule has 2 atom stereocenters. The van der Waals surface area contributed by atoms with E-state index in [0.29, 0.717) is 30.9 Å². The van der Waals surface area contributed by atoms with Crippen LogP contribution in [0.25, 0.3) is 0 Å². The van der Waals surface area contributed by atoms with E-state index in [1.54, 1.807) is 6.26 Å². The van der Waals surface area contributed by atoms with E-state index in [9.17, 15) is 22.8 Å². The van der Waals surface area contributed by atoms with Gasteiger partial charge in [-0.2, -0.15) is 13.2 Å². The summed E-state index contributed by atoms with van der Waals surface area (Å²) in [7, 11) is 0. The highest BCUT2D eigenvalue weighted by Crippen LogP contribution is 2.29. The number of furan rings is 1. The predicted molar refractivity (Wildman–Crippen MR) is 133 cm³/mol. The van der Waals surface area contributed by atoms with Crippen LogP contribution in [0.5, 0.6) is 0 Å². The number of alkyl halides is 3. The number of nitrogens with one attached hydrogen (secondary N) is 2. The Morgan fingerprint density at radius 1 is 1.11 bits per heavy atom.